The summed E-state index contributed by atoms with van der Waals surface area (Å²) in [6.07, 6.45) is -1.14. The highest BCUT2D eigenvalue weighted by Crippen LogP contribution is 2.28. The molecule has 2 N–H and O–H groups in total. The quantitative estimate of drug-likeness (QED) is 0.712. The van der Waals surface area contributed by atoms with Crippen molar-refractivity contribution in [3.8, 4) is 11.4 Å². The van der Waals surface area contributed by atoms with Gasteiger partial charge in [0.2, 0.25) is 5.95 Å². The molecule has 0 amide bonds. The summed E-state index contributed by atoms with van der Waals surface area (Å²) in [5, 5.41) is 6.44. The van der Waals surface area contributed by atoms with E-state index >= 15 is 0 Å². The van der Waals surface area contributed by atoms with Gasteiger partial charge in [-0.1, -0.05) is 0 Å². The third kappa shape index (κ3) is 4.66. The lowest BCUT2D eigenvalue weighted by molar-refractivity contribution is -0.115. The Kier molecular flexibility index (Phi) is 4.71. The second-order valence-electron chi connectivity index (χ2n) is 7.33. The minimum atomic E-state index is -4.33. The summed E-state index contributed by atoms with van der Waals surface area (Å²) in [5.41, 5.74) is 2.10. The Balaban J connectivity index is 1.94. The van der Waals surface area contributed by atoms with Gasteiger partial charge in [-0.05, 0) is 32.9 Å². The number of halogens is 3. The van der Waals surface area contributed by atoms with Gasteiger partial charge in [-0.15, -0.1) is 0 Å². The molecule has 0 aromatic carbocycles. The van der Waals surface area contributed by atoms with E-state index in [-0.39, 0.29) is 11.5 Å². The number of hydrogen-bond acceptors (Lipinski definition) is 5. The van der Waals surface area contributed by atoms with Crippen LogP contribution < -0.4 is 10.6 Å². The lowest BCUT2D eigenvalue weighted by Crippen LogP contribution is -2.26. The van der Waals surface area contributed by atoms with E-state index in [2.05, 4.69) is 25.6 Å². The van der Waals surface area contributed by atoms with Gasteiger partial charge in [0.15, 0.2) is 0 Å². The third-order valence-electron chi connectivity index (χ3n) is 3.79. The number of nitrogens with zero attached hydrogens (tertiary/aromatic N) is 4. The molecule has 3 heterocycles. The van der Waals surface area contributed by atoms with Crippen molar-refractivity contribution in [3.63, 3.8) is 0 Å². The first-order valence-electron chi connectivity index (χ1n) is 8.39. The first-order chi connectivity index (χ1) is 12.5. The normalized spacial score (nSPS) is 12.4. The maximum absolute atomic E-state index is 12.4. The van der Waals surface area contributed by atoms with Gasteiger partial charge in [-0.25, -0.2) is 15.0 Å². The molecular formula is C18H21F3N6. The van der Waals surface area contributed by atoms with Crippen molar-refractivity contribution < 1.29 is 13.2 Å². The number of aromatic nitrogens is 4. The zero-order chi connectivity index (χ0) is 19.8. The molecule has 27 heavy (non-hydrogen) atoms. The number of hydrogen-bond donors (Lipinski definition) is 2. The van der Waals surface area contributed by atoms with E-state index in [0.717, 1.165) is 22.4 Å². The fraction of sp³-hybridized carbons (Fsp3) is 0.389. The summed E-state index contributed by atoms with van der Waals surface area (Å²) in [4.78, 5) is 12.5. The van der Waals surface area contributed by atoms with Gasteiger partial charge in [0.1, 0.15) is 12.4 Å². The van der Waals surface area contributed by atoms with Crippen LogP contribution >= 0.6 is 0 Å². The van der Waals surface area contributed by atoms with Crippen LogP contribution in [0.5, 0.6) is 0 Å². The maximum Gasteiger partial charge on any atom is 0.405 e. The van der Waals surface area contributed by atoms with Crippen LogP contribution in [0.3, 0.4) is 0 Å². The van der Waals surface area contributed by atoms with Gasteiger partial charge in [0.05, 0.1) is 16.9 Å². The molecular weight excluding hydrogens is 357 g/mol. The molecule has 0 fully saturated rings. The molecule has 0 aliphatic heterocycles. The van der Waals surface area contributed by atoms with E-state index in [1.807, 2.05) is 44.5 Å². The highest BCUT2D eigenvalue weighted by molar-refractivity contribution is 5.87. The van der Waals surface area contributed by atoms with Gasteiger partial charge in [-0.3, -0.25) is 0 Å². The highest BCUT2D eigenvalue weighted by Gasteiger charge is 2.27. The molecule has 0 saturated carbocycles. The first-order valence-corrected chi connectivity index (χ1v) is 8.39. The van der Waals surface area contributed by atoms with Gasteiger partial charge < -0.3 is 15.2 Å². The van der Waals surface area contributed by atoms with Crippen molar-refractivity contribution in [2.24, 2.45) is 7.05 Å². The fourth-order valence-electron chi connectivity index (χ4n) is 2.70. The Bertz CT molecular complexity index is 956. The Morgan fingerprint density at radius 3 is 2.52 bits per heavy atom. The summed E-state index contributed by atoms with van der Waals surface area (Å²) in [7, 11) is 1.88. The largest absolute Gasteiger partial charge is 0.405 e. The SMILES string of the molecule is Cn1c(-c2ccnc(NCC(F)(F)F)n2)cc2cnc(NC(C)(C)C)cc21. The molecule has 6 nitrogen and oxygen atoms in total. The monoisotopic (exact) mass is 378 g/mol. The average molecular weight is 378 g/mol. The molecule has 3 aromatic rings. The lowest BCUT2D eigenvalue weighted by atomic mass is 10.1. The van der Waals surface area contributed by atoms with E-state index < -0.39 is 12.7 Å². The van der Waals surface area contributed by atoms with Gasteiger partial charge in [-0.2, -0.15) is 13.2 Å². The molecule has 0 radical (unpaired) electrons. The summed E-state index contributed by atoms with van der Waals surface area (Å²) in [5.74, 6) is 0.682. The number of pyridine rings is 1. The van der Waals surface area contributed by atoms with Crippen LogP contribution in [0.25, 0.3) is 22.3 Å². The van der Waals surface area contributed by atoms with Crippen molar-refractivity contribution in [1.29, 1.82) is 0 Å². The molecule has 0 aliphatic carbocycles. The Labute approximate surface area is 154 Å². The number of aryl methyl sites for hydroxylation is 1. The molecule has 3 rings (SSSR count). The molecule has 144 valence electrons. The van der Waals surface area contributed by atoms with E-state index in [1.165, 1.54) is 6.20 Å². The standard InChI is InChI=1S/C18H21F3N6/c1-17(2,3)26-15-8-13-11(9-23-15)7-14(27(13)4)12-5-6-22-16(25-12)24-10-18(19,20)21/h5-9H,10H2,1-4H3,(H,23,26)(H,22,24,25). The Morgan fingerprint density at radius 1 is 1.11 bits per heavy atom. The zero-order valence-electron chi connectivity index (χ0n) is 15.5. The average Bonchev–Trinajstić information content (AvgIpc) is 2.88. The van der Waals surface area contributed by atoms with Crippen LogP contribution in [0, 0.1) is 0 Å². The minimum Gasteiger partial charge on any atom is -0.365 e. The summed E-state index contributed by atoms with van der Waals surface area (Å²) in [6.45, 7) is 4.96. The van der Waals surface area contributed by atoms with Crippen molar-refractivity contribution in [2.75, 3.05) is 17.2 Å². The predicted molar refractivity (Wildman–Crippen MR) is 99.7 cm³/mol. The van der Waals surface area contributed by atoms with Crippen molar-refractivity contribution in [2.45, 2.75) is 32.5 Å². The van der Waals surface area contributed by atoms with Crippen LogP contribution in [-0.2, 0) is 7.05 Å². The lowest BCUT2D eigenvalue weighted by Gasteiger charge is -2.21. The molecule has 0 spiro atoms. The summed E-state index contributed by atoms with van der Waals surface area (Å²) in [6, 6.07) is 5.50. The molecule has 3 aromatic heterocycles. The van der Waals surface area contributed by atoms with Crippen LogP contribution in [0.1, 0.15) is 20.8 Å². The second-order valence-corrected chi connectivity index (χ2v) is 7.33. The predicted octanol–water partition coefficient (Wildman–Crippen LogP) is 4.21. The number of nitrogens with one attached hydrogen (secondary N) is 2. The molecule has 9 heteroatoms. The number of rotatable bonds is 4. The van der Waals surface area contributed by atoms with Gasteiger partial charge >= 0.3 is 6.18 Å². The number of alkyl halides is 3. The second kappa shape index (κ2) is 6.71. The molecule has 0 saturated heterocycles. The van der Waals surface area contributed by atoms with Crippen LogP contribution in [0.15, 0.2) is 30.6 Å². The topological polar surface area (TPSA) is 67.7 Å². The zero-order valence-corrected chi connectivity index (χ0v) is 15.5. The van der Waals surface area contributed by atoms with E-state index in [9.17, 15) is 13.2 Å². The van der Waals surface area contributed by atoms with Crippen LogP contribution in [0.2, 0.25) is 0 Å². The van der Waals surface area contributed by atoms with Crippen LogP contribution in [0.4, 0.5) is 24.9 Å². The Hall–Kier alpha value is -2.84. The van der Waals surface area contributed by atoms with Gasteiger partial charge in [0, 0.05) is 36.4 Å². The fourth-order valence-corrected chi connectivity index (χ4v) is 2.70. The van der Waals surface area contributed by atoms with Crippen molar-refractivity contribution >= 4 is 22.7 Å². The van der Waals surface area contributed by atoms with E-state index in [0.29, 0.717) is 5.69 Å². The Morgan fingerprint density at radius 2 is 1.85 bits per heavy atom. The van der Waals surface area contributed by atoms with Crippen molar-refractivity contribution in [3.05, 3.63) is 30.6 Å². The first kappa shape index (κ1) is 18.9. The van der Waals surface area contributed by atoms with Crippen molar-refractivity contribution in [1.82, 2.24) is 19.5 Å². The smallest absolute Gasteiger partial charge is 0.365 e. The number of fused-ring (bicyclic) bond motifs is 1. The molecule has 0 aliphatic rings. The molecule has 0 atom stereocenters. The van der Waals surface area contributed by atoms with Gasteiger partial charge in [0.25, 0.3) is 0 Å². The summed E-state index contributed by atoms with van der Waals surface area (Å²) < 4.78 is 39.1. The van der Waals surface area contributed by atoms with Crippen LogP contribution in [-0.4, -0.2) is 37.8 Å². The molecule has 0 unspecified atom stereocenters. The van der Waals surface area contributed by atoms with E-state index in [4.69, 9.17) is 0 Å². The third-order valence-corrected chi connectivity index (χ3v) is 3.79. The maximum atomic E-state index is 12.4. The highest BCUT2D eigenvalue weighted by atomic mass is 19.4. The van der Waals surface area contributed by atoms with E-state index in [1.54, 1.807) is 12.3 Å². The minimum absolute atomic E-state index is 0.0664. The summed E-state index contributed by atoms with van der Waals surface area (Å²) >= 11 is 0. The number of anilines is 2. The molecule has 0 bridgehead atoms.